The van der Waals surface area contributed by atoms with E-state index in [1.807, 2.05) is 0 Å². The largest absolute Gasteiger partial charge is 0.0996 e. The zero-order valence-corrected chi connectivity index (χ0v) is 7.19. The molecule has 0 spiro atoms. The Morgan fingerprint density at radius 3 is 2.20 bits per heavy atom. The van der Waals surface area contributed by atoms with E-state index < -0.39 is 0 Å². The number of fused-ring (bicyclic) bond motifs is 1. The summed E-state index contributed by atoms with van der Waals surface area (Å²) in [6.07, 6.45) is 5.50. The zero-order chi connectivity index (χ0) is 7.56. The molecule has 0 amide bonds. The maximum atomic E-state index is 3.98. The standard InChI is InChI=1S/C7H10.C3H8/c1-5-2-3-6-4-7(5)6;1-3-2/h6-7H,1-4H2;3H2,1-2H3. The summed E-state index contributed by atoms with van der Waals surface area (Å²) in [5.41, 5.74) is 1.53. The van der Waals surface area contributed by atoms with Gasteiger partial charge in [-0.2, -0.15) is 0 Å². The van der Waals surface area contributed by atoms with Gasteiger partial charge in [-0.25, -0.2) is 0 Å². The molecule has 58 valence electrons. The minimum Gasteiger partial charge on any atom is -0.0996 e. The van der Waals surface area contributed by atoms with Crippen LogP contribution < -0.4 is 0 Å². The van der Waals surface area contributed by atoms with Crippen LogP contribution in [0.4, 0.5) is 0 Å². The first-order chi connectivity index (χ1) is 4.79. The molecule has 0 aromatic heterocycles. The summed E-state index contributed by atoms with van der Waals surface area (Å²) in [6, 6.07) is 0. The summed E-state index contributed by atoms with van der Waals surface area (Å²) >= 11 is 0. The van der Waals surface area contributed by atoms with Crippen LogP contribution in [0.2, 0.25) is 0 Å². The molecule has 2 saturated carbocycles. The Kier molecular flexibility index (Phi) is 2.53. The molecule has 0 bridgehead atoms. The van der Waals surface area contributed by atoms with Crippen LogP contribution in [-0.4, -0.2) is 0 Å². The molecule has 0 aromatic rings. The molecule has 0 saturated heterocycles. The van der Waals surface area contributed by atoms with Gasteiger partial charge in [0, 0.05) is 0 Å². The molecule has 2 aliphatic rings. The van der Waals surface area contributed by atoms with Crippen LogP contribution in [0.3, 0.4) is 0 Å². The van der Waals surface area contributed by atoms with E-state index in [0.29, 0.717) is 0 Å². The van der Waals surface area contributed by atoms with Crippen LogP contribution in [-0.2, 0) is 0 Å². The van der Waals surface area contributed by atoms with Gasteiger partial charge >= 0.3 is 0 Å². The first-order valence-electron chi connectivity index (χ1n) is 4.47. The molecule has 0 aliphatic heterocycles. The van der Waals surface area contributed by atoms with Gasteiger partial charge in [-0.05, 0) is 31.1 Å². The van der Waals surface area contributed by atoms with Crippen molar-refractivity contribution in [1.82, 2.24) is 0 Å². The summed E-state index contributed by atoms with van der Waals surface area (Å²) in [6.45, 7) is 8.23. The normalized spacial score (nSPS) is 34.4. The van der Waals surface area contributed by atoms with E-state index in [1.165, 1.54) is 31.3 Å². The third-order valence-corrected chi connectivity index (χ3v) is 2.28. The highest BCUT2D eigenvalue weighted by molar-refractivity contribution is 5.17. The minimum absolute atomic E-state index is 0.986. The summed E-state index contributed by atoms with van der Waals surface area (Å²) in [5, 5.41) is 0. The third kappa shape index (κ3) is 1.62. The lowest BCUT2D eigenvalue weighted by Gasteiger charge is -1.88. The lowest BCUT2D eigenvalue weighted by Crippen LogP contribution is -1.72. The average Bonchev–Trinajstić information content (AvgIpc) is 2.57. The first kappa shape index (κ1) is 7.84. The van der Waals surface area contributed by atoms with E-state index in [9.17, 15) is 0 Å². The smallest absolute Gasteiger partial charge is 0.0174 e. The van der Waals surface area contributed by atoms with E-state index in [1.54, 1.807) is 0 Å². The minimum atomic E-state index is 0.986. The van der Waals surface area contributed by atoms with Crippen molar-refractivity contribution in [3.05, 3.63) is 12.2 Å². The lowest BCUT2D eigenvalue weighted by atomic mass is 10.2. The average molecular weight is 138 g/mol. The highest BCUT2D eigenvalue weighted by Gasteiger charge is 2.43. The van der Waals surface area contributed by atoms with Gasteiger partial charge in [-0.1, -0.05) is 32.4 Å². The predicted octanol–water partition coefficient (Wildman–Crippen LogP) is 3.39. The van der Waals surface area contributed by atoms with Crippen LogP contribution in [0.15, 0.2) is 12.2 Å². The van der Waals surface area contributed by atoms with Gasteiger partial charge in [-0.3, -0.25) is 0 Å². The van der Waals surface area contributed by atoms with Crippen LogP contribution in [0.1, 0.15) is 39.5 Å². The van der Waals surface area contributed by atoms with E-state index >= 15 is 0 Å². The van der Waals surface area contributed by atoms with Crippen molar-refractivity contribution in [3.8, 4) is 0 Å². The Labute approximate surface area is 64.3 Å². The topological polar surface area (TPSA) is 0 Å². The molecule has 0 radical (unpaired) electrons. The molecule has 2 rings (SSSR count). The van der Waals surface area contributed by atoms with E-state index in [0.717, 1.165) is 11.8 Å². The number of hydrogen-bond acceptors (Lipinski definition) is 0. The Morgan fingerprint density at radius 2 is 2.10 bits per heavy atom. The summed E-state index contributed by atoms with van der Waals surface area (Å²) in [5.74, 6) is 2.08. The van der Waals surface area contributed by atoms with Crippen molar-refractivity contribution in [2.24, 2.45) is 11.8 Å². The monoisotopic (exact) mass is 138 g/mol. The molecule has 2 unspecified atom stereocenters. The van der Waals surface area contributed by atoms with Crippen LogP contribution >= 0.6 is 0 Å². The molecule has 10 heavy (non-hydrogen) atoms. The molecule has 0 heteroatoms. The second-order valence-electron chi connectivity index (χ2n) is 3.51. The fraction of sp³-hybridized carbons (Fsp3) is 0.800. The fourth-order valence-electron chi connectivity index (χ4n) is 1.62. The Balaban J connectivity index is 0.000000148. The molecule has 0 heterocycles. The molecule has 0 N–H and O–H groups in total. The van der Waals surface area contributed by atoms with Crippen molar-refractivity contribution in [2.45, 2.75) is 39.5 Å². The zero-order valence-electron chi connectivity index (χ0n) is 7.19. The van der Waals surface area contributed by atoms with Crippen molar-refractivity contribution in [2.75, 3.05) is 0 Å². The van der Waals surface area contributed by atoms with Gasteiger partial charge in [0.25, 0.3) is 0 Å². The van der Waals surface area contributed by atoms with Crippen LogP contribution in [0.5, 0.6) is 0 Å². The van der Waals surface area contributed by atoms with Gasteiger partial charge in [-0.15, -0.1) is 0 Å². The van der Waals surface area contributed by atoms with Crippen molar-refractivity contribution in [1.29, 1.82) is 0 Å². The number of hydrogen-bond donors (Lipinski definition) is 0. The van der Waals surface area contributed by atoms with Gasteiger partial charge < -0.3 is 0 Å². The summed E-state index contributed by atoms with van der Waals surface area (Å²) in [7, 11) is 0. The molecule has 2 fully saturated rings. The highest BCUT2D eigenvalue weighted by atomic mass is 14.5. The van der Waals surface area contributed by atoms with Crippen molar-refractivity contribution >= 4 is 0 Å². The Morgan fingerprint density at radius 1 is 1.50 bits per heavy atom. The molecule has 0 aromatic carbocycles. The number of allylic oxidation sites excluding steroid dienone is 1. The Hall–Kier alpha value is -0.260. The van der Waals surface area contributed by atoms with Gasteiger partial charge in [0.2, 0.25) is 0 Å². The Bertz CT molecular complexity index is 124. The highest BCUT2D eigenvalue weighted by Crippen LogP contribution is 2.54. The molecule has 2 aliphatic carbocycles. The second-order valence-corrected chi connectivity index (χ2v) is 3.51. The van der Waals surface area contributed by atoms with Crippen LogP contribution in [0.25, 0.3) is 0 Å². The first-order valence-corrected chi connectivity index (χ1v) is 4.47. The van der Waals surface area contributed by atoms with Crippen LogP contribution in [0, 0.1) is 11.8 Å². The summed E-state index contributed by atoms with van der Waals surface area (Å²) in [4.78, 5) is 0. The van der Waals surface area contributed by atoms with E-state index in [2.05, 4.69) is 20.4 Å². The fourth-order valence-corrected chi connectivity index (χ4v) is 1.62. The summed E-state index contributed by atoms with van der Waals surface area (Å²) < 4.78 is 0. The maximum Gasteiger partial charge on any atom is -0.0174 e. The second kappa shape index (κ2) is 3.23. The third-order valence-electron chi connectivity index (χ3n) is 2.28. The lowest BCUT2D eigenvalue weighted by molar-refractivity contribution is 0.786. The molecular formula is C10H18. The van der Waals surface area contributed by atoms with Gasteiger partial charge in [0.1, 0.15) is 0 Å². The van der Waals surface area contributed by atoms with Gasteiger partial charge in [0.15, 0.2) is 0 Å². The molecule has 2 atom stereocenters. The number of rotatable bonds is 0. The molecule has 0 nitrogen and oxygen atoms in total. The predicted molar refractivity (Wildman–Crippen MR) is 45.9 cm³/mol. The molecular weight excluding hydrogens is 120 g/mol. The van der Waals surface area contributed by atoms with E-state index in [4.69, 9.17) is 0 Å². The SMILES string of the molecule is C=C1CCC2CC12.CCC. The van der Waals surface area contributed by atoms with Crippen molar-refractivity contribution in [3.63, 3.8) is 0 Å². The maximum absolute atomic E-state index is 3.98. The van der Waals surface area contributed by atoms with Crippen molar-refractivity contribution < 1.29 is 0 Å². The quantitative estimate of drug-likeness (QED) is 0.450. The van der Waals surface area contributed by atoms with Gasteiger partial charge in [0.05, 0.1) is 0 Å². The van der Waals surface area contributed by atoms with E-state index in [-0.39, 0.29) is 0 Å².